The number of nitrogens with zero attached hydrogens (tertiary/aromatic N) is 2. The Hall–Kier alpha value is -1.75. The molecule has 0 radical (unpaired) electrons. The monoisotopic (exact) mass is 358 g/mol. The van der Waals surface area contributed by atoms with E-state index < -0.39 is 0 Å². The van der Waals surface area contributed by atoms with Crippen LogP contribution < -0.4 is 15.5 Å². The summed E-state index contributed by atoms with van der Waals surface area (Å²) in [6.07, 6.45) is 3.68. The number of para-hydroxylation sites is 1. The lowest BCUT2D eigenvalue weighted by Gasteiger charge is -2.35. The molecule has 2 heterocycles. The fourth-order valence-electron chi connectivity index (χ4n) is 4.01. The molecule has 3 rings (SSSR count). The highest BCUT2D eigenvalue weighted by Crippen LogP contribution is 2.23. The van der Waals surface area contributed by atoms with Crippen LogP contribution in [0, 0.1) is 11.8 Å². The minimum absolute atomic E-state index is 0.0274. The van der Waals surface area contributed by atoms with E-state index in [1.807, 2.05) is 0 Å². The summed E-state index contributed by atoms with van der Waals surface area (Å²) in [7, 11) is 0. The first-order chi connectivity index (χ1) is 12.6. The van der Waals surface area contributed by atoms with Crippen molar-refractivity contribution in [1.29, 1.82) is 0 Å². The molecule has 1 aromatic carbocycles. The second kappa shape index (κ2) is 9.26. The molecule has 0 bridgehead atoms. The van der Waals surface area contributed by atoms with Gasteiger partial charge in [0.2, 0.25) is 0 Å². The van der Waals surface area contributed by atoms with Crippen LogP contribution in [-0.4, -0.2) is 56.2 Å². The van der Waals surface area contributed by atoms with Crippen molar-refractivity contribution in [2.75, 3.05) is 44.2 Å². The van der Waals surface area contributed by atoms with Crippen molar-refractivity contribution in [1.82, 2.24) is 15.5 Å². The van der Waals surface area contributed by atoms with E-state index in [1.165, 1.54) is 18.5 Å². The first kappa shape index (κ1) is 19.0. The quantitative estimate of drug-likeness (QED) is 0.822. The van der Waals surface area contributed by atoms with Crippen molar-refractivity contribution >= 4 is 11.7 Å². The zero-order valence-electron chi connectivity index (χ0n) is 16.3. The molecule has 0 saturated carbocycles. The number of hydrogen-bond acceptors (Lipinski definition) is 3. The summed E-state index contributed by atoms with van der Waals surface area (Å²) < 4.78 is 0. The molecule has 26 heavy (non-hydrogen) atoms. The molecule has 5 heteroatoms. The number of benzene rings is 1. The Labute approximate surface area is 158 Å². The summed E-state index contributed by atoms with van der Waals surface area (Å²) in [5.74, 6) is 1.37. The smallest absolute Gasteiger partial charge is 0.314 e. The van der Waals surface area contributed by atoms with E-state index in [2.05, 4.69) is 64.6 Å². The van der Waals surface area contributed by atoms with Gasteiger partial charge in [-0.2, -0.15) is 0 Å². The third-order valence-electron chi connectivity index (χ3n) is 5.96. The average Bonchev–Trinajstić information content (AvgIpc) is 3.15. The van der Waals surface area contributed by atoms with Crippen molar-refractivity contribution in [2.24, 2.45) is 11.8 Å². The maximum Gasteiger partial charge on any atom is 0.314 e. The van der Waals surface area contributed by atoms with Gasteiger partial charge in [0.15, 0.2) is 0 Å². The van der Waals surface area contributed by atoms with E-state index in [0.29, 0.717) is 12.0 Å². The maximum atomic E-state index is 12.1. The molecular formula is C21H34N4O. The van der Waals surface area contributed by atoms with Gasteiger partial charge in [-0.05, 0) is 63.2 Å². The molecule has 2 aliphatic heterocycles. The van der Waals surface area contributed by atoms with Crippen molar-refractivity contribution in [3.05, 3.63) is 30.3 Å². The third-order valence-corrected chi connectivity index (χ3v) is 5.96. The van der Waals surface area contributed by atoms with Crippen LogP contribution in [0.4, 0.5) is 10.5 Å². The van der Waals surface area contributed by atoms with E-state index in [-0.39, 0.29) is 6.03 Å². The molecule has 2 fully saturated rings. The number of carbonyl (C=O) groups excluding carboxylic acids is 1. The summed E-state index contributed by atoms with van der Waals surface area (Å²) in [5.41, 5.74) is 1.28. The Bertz CT molecular complexity index is 556. The molecule has 0 spiro atoms. The van der Waals surface area contributed by atoms with Crippen LogP contribution in [0.3, 0.4) is 0 Å². The molecule has 0 unspecified atom stereocenters. The van der Waals surface area contributed by atoms with E-state index >= 15 is 0 Å². The zero-order chi connectivity index (χ0) is 18.4. The lowest BCUT2D eigenvalue weighted by Crippen LogP contribution is -2.48. The van der Waals surface area contributed by atoms with Crippen LogP contribution in [0.15, 0.2) is 30.3 Å². The second-order valence-electron chi connectivity index (χ2n) is 8.09. The molecule has 2 saturated heterocycles. The average molecular weight is 359 g/mol. The van der Waals surface area contributed by atoms with Gasteiger partial charge in [-0.15, -0.1) is 0 Å². The Morgan fingerprint density at radius 2 is 1.85 bits per heavy atom. The molecule has 0 aromatic heterocycles. The van der Waals surface area contributed by atoms with Crippen molar-refractivity contribution in [2.45, 2.75) is 39.2 Å². The summed E-state index contributed by atoms with van der Waals surface area (Å²) in [5, 5.41) is 6.12. The normalized spacial score (nSPS) is 23.0. The fraction of sp³-hybridized carbons (Fsp3) is 0.667. The Morgan fingerprint density at radius 3 is 2.58 bits per heavy atom. The van der Waals surface area contributed by atoms with Crippen molar-refractivity contribution in [3.63, 3.8) is 0 Å². The Morgan fingerprint density at radius 1 is 1.12 bits per heavy atom. The third kappa shape index (κ3) is 5.37. The number of nitrogens with one attached hydrogen (secondary N) is 2. The van der Waals surface area contributed by atoms with Crippen LogP contribution in [-0.2, 0) is 0 Å². The topological polar surface area (TPSA) is 47.6 Å². The SMILES string of the molecule is CC1CCN([C@@H](C)CNC(=O)NC[C@H]2CCN(c3ccccc3)C2)CC1. The number of hydrogen-bond donors (Lipinski definition) is 2. The van der Waals surface area contributed by atoms with Crippen LogP contribution in [0.25, 0.3) is 0 Å². The fourth-order valence-corrected chi connectivity index (χ4v) is 4.01. The van der Waals surface area contributed by atoms with Gasteiger partial charge >= 0.3 is 6.03 Å². The van der Waals surface area contributed by atoms with Crippen molar-refractivity contribution in [3.8, 4) is 0 Å². The van der Waals surface area contributed by atoms with Gasteiger partial charge in [0.25, 0.3) is 0 Å². The maximum absolute atomic E-state index is 12.1. The summed E-state index contributed by atoms with van der Waals surface area (Å²) >= 11 is 0. The van der Waals surface area contributed by atoms with Gasteiger partial charge in [0.1, 0.15) is 0 Å². The summed E-state index contributed by atoms with van der Waals surface area (Å²) in [4.78, 5) is 17.0. The van der Waals surface area contributed by atoms with E-state index in [1.54, 1.807) is 0 Å². The molecule has 0 aliphatic carbocycles. The lowest BCUT2D eigenvalue weighted by atomic mass is 9.98. The number of urea groups is 1. The van der Waals surface area contributed by atoms with E-state index in [9.17, 15) is 4.79 Å². The molecular weight excluding hydrogens is 324 g/mol. The van der Waals surface area contributed by atoms with Crippen LogP contribution in [0.2, 0.25) is 0 Å². The molecule has 1 aromatic rings. The van der Waals surface area contributed by atoms with E-state index in [4.69, 9.17) is 0 Å². The number of carbonyl (C=O) groups is 1. The number of rotatable bonds is 6. The first-order valence-corrected chi connectivity index (χ1v) is 10.2. The predicted octanol–water partition coefficient (Wildman–Crippen LogP) is 2.93. The van der Waals surface area contributed by atoms with E-state index in [0.717, 1.165) is 51.6 Å². The molecule has 2 N–H and O–H groups in total. The molecule has 2 atom stereocenters. The standard InChI is InChI=1S/C21H34N4O/c1-17-8-11-24(12-9-17)18(2)14-22-21(26)23-15-19-10-13-25(16-19)20-6-4-3-5-7-20/h3-7,17-19H,8-16H2,1-2H3,(H2,22,23,26)/t18-,19+/m0/s1. The molecule has 2 amide bonds. The van der Waals surface area contributed by atoms with Crippen LogP contribution in [0.5, 0.6) is 0 Å². The Balaban J connectivity index is 1.32. The van der Waals surface area contributed by atoms with Crippen LogP contribution >= 0.6 is 0 Å². The summed E-state index contributed by atoms with van der Waals surface area (Å²) in [6.45, 7) is 10.4. The van der Waals surface area contributed by atoms with Gasteiger partial charge in [0, 0.05) is 37.9 Å². The predicted molar refractivity (Wildman–Crippen MR) is 108 cm³/mol. The molecule has 5 nitrogen and oxygen atoms in total. The van der Waals surface area contributed by atoms with Crippen LogP contribution in [0.1, 0.15) is 33.1 Å². The Kier molecular flexibility index (Phi) is 6.78. The molecule has 144 valence electrons. The van der Waals surface area contributed by atoms with Crippen molar-refractivity contribution < 1.29 is 4.79 Å². The van der Waals surface area contributed by atoms with Gasteiger partial charge in [-0.1, -0.05) is 25.1 Å². The summed E-state index contributed by atoms with van der Waals surface area (Å²) in [6, 6.07) is 10.9. The van der Waals surface area contributed by atoms with Gasteiger partial charge in [0.05, 0.1) is 0 Å². The zero-order valence-corrected chi connectivity index (χ0v) is 16.3. The van der Waals surface area contributed by atoms with Gasteiger partial charge < -0.3 is 15.5 Å². The molecule has 2 aliphatic rings. The largest absolute Gasteiger partial charge is 0.371 e. The number of piperidine rings is 1. The minimum atomic E-state index is -0.0274. The highest BCUT2D eigenvalue weighted by molar-refractivity contribution is 5.73. The van der Waals surface area contributed by atoms with Gasteiger partial charge in [-0.25, -0.2) is 4.79 Å². The number of likely N-dealkylation sites (tertiary alicyclic amines) is 1. The van der Waals surface area contributed by atoms with Gasteiger partial charge in [-0.3, -0.25) is 4.90 Å². The minimum Gasteiger partial charge on any atom is -0.371 e. The number of anilines is 1. The lowest BCUT2D eigenvalue weighted by molar-refractivity contribution is 0.145. The highest BCUT2D eigenvalue weighted by Gasteiger charge is 2.23. The number of amides is 2. The first-order valence-electron chi connectivity index (χ1n) is 10.2. The second-order valence-corrected chi connectivity index (χ2v) is 8.09. The highest BCUT2D eigenvalue weighted by atomic mass is 16.2.